The second-order valence-electron chi connectivity index (χ2n) is 3.24. The molecule has 0 unspecified atom stereocenters. The van der Waals surface area contributed by atoms with Crippen LogP contribution < -0.4 is 9.47 Å². The molecule has 0 fully saturated rings. The number of benzene rings is 1. The van der Waals surface area contributed by atoms with Gasteiger partial charge in [0.05, 0.1) is 13.2 Å². The molecule has 1 aromatic carbocycles. The third-order valence-corrected chi connectivity index (χ3v) is 2.06. The molecule has 0 amide bonds. The summed E-state index contributed by atoms with van der Waals surface area (Å²) in [4.78, 5) is 0. The molecule has 1 N–H and O–H groups in total. The van der Waals surface area contributed by atoms with E-state index in [4.69, 9.17) is 9.47 Å². The zero-order valence-electron chi connectivity index (χ0n) is 8.73. The normalized spacial score (nSPS) is 14.6. The summed E-state index contributed by atoms with van der Waals surface area (Å²) < 4.78 is 10.5. The highest BCUT2D eigenvalue weighted by Gasteiger charge is 2.09. The summed E-state index contributed by atoms with van der Waals surface area (Å²) in [5.41, 5.74) is 0. The molecule has 0 bridgehead atoms. The number of rotatable bonds is 4. The van der Waals surface area contributed by atoms with E-state index in [1.54, 1.807) is 14.0 Å². The van der Waals surface area contributed by atoms with Crippen molar-refractivity contribution < 1.29 is 14.6 Å². The van der Waals surface area contributed by atoms with Crippen LogP contribution in [0.25, 0.3) is 0 Å². The van der Waals surface area contributed by atoms with E-state index in [2.05, 4.69) is 0 Å². The molecule has 2 atom stereocenters. The lowest BCUT2D eigenvalue weighted by molar-refractivity contribution is 0.0604. The van der Waals surface area contributed by atoms with Crippen molar-refractivity contribution in [3.05, 3.63) is 24.3 Å². The molecule has 0 saturated carbocycles. The van der Waals surface area contributed by atoms with Gasteiger partial charge in [0.15, 0.2) is 0 Å². The zero-order valence-corrected chi connectivity index (χ0v) is 8.73. The Morgan fingerprint density at radius 1 is 1.07 bits per heavy atom. The molecule has 1 rings (SSSR count). The monoisotopic (exact) mass is 196 g/mol. The van der Waals surface area contributed by atoms with Crippen molar-refractivity contribution in [3.63, 3.8) is 0 Å². The highest BCUT2D eigenvalue weighted by molar-refractivity contribution is 5.31. The Bertz CT molecular complexity index is 266. The van der Waals surface area contributed by atoms with Gasteiger partial charge in [0.1, 0.15) is 17.6 Å². The van der Waals surface area contributed by atoms with Crippen molar-refractivity contribution in [3.8, 4) is 11.5 Å². The lowest BCUT2D eigenvalue weighted by atomic mass is 10.2. The second kappa shape index (κ2) is 4.86. The summed E-state index contributed by atoms with van der Waals surface area (Å²) in [6.07, 6.45) is -0.680. The number of ether oxygens (including phenoxy) is 2. The van der Waals surface area contributed by atoms with Crippen LogP contribution in [0, 0.1) is 0 Å². The van der Waals surface area contributed by atoms with E-state index < -0.39 is 6.10 Å². The van der Waals surface area contributed by atoms with Gasteiger partial charge in [0, 0.05) is 0 Å². The Morgan fingerprint density at radius 3 is 2.00 bits per heavy atom. The van der Waals surface area contributed by atoms with Crippen LogP contribution in [-0.2, 0) is 0 Å². The minimum absolute atomic E-state index is 0.205. The maximum absolute atomic E-state index is 9.23. The van der Waals surface area contributed by atoms with E-state index in [1.165, 1.54) is 0 Å². The summed E-state index contributed by atoms with van der Waals surface area (Å²) in [6, 6.07) is 7.28. The van der Waals surface area contributed by atoms with Gasteiger partial charge < -0.3 is 14.6 Å². The van der Waals surface area contributed by atoms with Crippen LogP contribution in [0.4, 0.5) is 0 Å². The second-order valence-corrected chi connectivity index (χ2v) is 3.24. The first-order valence-corrected chi connectivity index (χ1v) is 4.62. The maximum Gasteiger partial charge on any atom is 0.121 e. The van der Waals surface area contributed by atoms with Gasteiger partial charge in [-0.2, -0.15) is 0 Å². The highest BCUT2D eigenvalue weighted by atomic mass is 16.5. The van der Waals surface area contributed by atoms with E-state index in [1.807, 2.05) is 31.2 Å². The fourth-order valence-electron chi connectivity index (χ4n) is 0.967. The molecule has 0 radical (unpaired) electrons. The molecule has 14 heavy (non-hydrogen) atoms. The molecular formula is C11H16O3. The van der Waals surface area contributed by atoms with Crippen LogP contribution >= 0.6 is 0 Å². The molecule has 0 aromatic heterocycles. The zero-order chi connectivity index (χ0) is 10.6. The number of hydrogen-bond donors (Lipinski definition) is 1. The number of aliphatic hydroxyl groups is 1. The first-order valence-electron chi connectivity index (χ1n) is 4.62. The molecule has 3 nitrogen and oxygen atoms in total. The topological polar surface area (TPSA) is 38.7 Å². The third-order valence-electron chi connectivity index (χ3n) is 2.06. The van der Waals surface area contributed by atoms with Gasteiger partial charge in [-0.3, -0.25) is 0 Å². The van der Waals surface area contributed by atoms with Gasteiger partial charge in [-0.25, -0.2) is 0 Å². The number of aliphatic hydroxyl groups excluding tert-OH is 1. The third kappa shape index (κ3) is 2.92. The van der Waals surface area contributed by atoms with E-state index in [0.717, 1.165) is 11.5 Å². The SMILES string of the molecule is COc1ccc(O[C@H](C)[C@@H](C)O)cc1. The van der Waals surface area contributed by atoms with Crippen molar-refractivity contribution in [2.75, 3.05) is 7.11 Å². The van der Waals surface area contributed by atoms with E-state index in [0.29, 0.717) is 0 Å². The predicted octanol–water partition coefficient (Wildman–Crippen LogP) is 1.84. The summed E-state index contributed by atoms with van der Waals surface area (Å²) in [5, 5.41) is 9.23. The predicted molar refractivity (Wildman–Crippen MR) is 54.8 cm³/mol. The van der Waals surface area contributed by atoms with E-state index in [-0.39, 0.29) is 6.10 Å². The Labute approximate surface area is 84.3 Å². The van der Waals surface area contributed by atoms with Gasteiger partial charge in [0.25, 0.3) is 0 Å². The van der Waals surface area contributed by atoms with Crippen molar-refractivity contribution in [1.82, 2.24) is 0 Å². The molecule has 0 heterocycles. The van der Waals surface area contributed by atoms with E-state index in [9.17, 15) is 5.11 Å². The fraction of sp³-hybridized carbons (Fsp3) is 0.455. The molecule has 3 heteroatoms. The quantitative estimate of drug-likeness (QED) is 0.798. The summed E-state index contributed by atoms with van der Waals surface area (Å²) >= 11 is 0. The van der Waals surface area contributed by atoms with Crippen LogP contribution in [0.15, 0.2) is 24.3 Å². The molecule has 0 spiro atoms. The first kappa shape index (κ1) is 10.9. The molecule has 78 valence electrons. The van der Waals surface area contributed by atoms with E-state index >= 15 is 0 Å². The summed E-state index contributed by atoms with van der Waals surface area (Å²) in [7, 11) is 1.62. The summed E-state index contributed by atoms with van der Waals surface area (Å²) in [6.45, 7) is 3.53. The van der Waals surface area contributed by atoms with Gasteiger partial charge in [-0.1, -0.05) is 0 Å². The van der Waals surface area contributed by atoms with Crippen LogP contribution in [0.5, 0.6) is 11.5 Å². The minimum Gasteiger partial charge on any atom is -0.497 e. The smallest absolute Gasteiger partial charge is 0.121 e. The van der Waals surface area contributed by atoms with Gasteiger partial charge >= 0.3 is 0 Å². The molecule has 0 aliphatic carbocycles. The summed E-state index contributed by atoms with van der Waals surface area (Å²) in [5.74, 6) is 1.53. The first-order chi connectivity index (χ1) is 6.63. The van der Waals surface area contributed by atoms with Gasteiger partial charge in [-0.05, 0) is 38.1 Å². The van der Waals surface area contributed by atoms with Gasteiger partial charge in [-0.15, -0.1) is 0 Å². The molecule has 0 aliphatic heterocycles. The number of methoxy groups -OCH3 is 1. The van der Waals surface area contributed by atoms with Gasteiger partial charge in [0.2, 0.25) is 0 Å². The van der Waals surface area contributed by atoms with Crippen LogP contribution in [-0.4, -0.2) is 24.4 Å². The maximum atomic E-state index is 9.23. The molecule has 1 aromatic rings. The average molecular weight is 196 g/mol. The molecular weight excluding hydrogens is 180 g/mol. The van der Waals surface area contributed by atoms with Crippen molar-refractivity contribution in [2.24, 2.45) is 0 Å². The Morgan fingerprint density at radius 2 is 1.57 bits per heavy atom. The Balaban J connectivity index is 2.59. The largest absolute Gasteiger partial charge is 0.497 e. The van der Waals surface area contributed by atoms with Crippen molar-refractivity contribution in [2.45, 2.75) is 26.1 Å². The van der Waals surface area contributed by atoms with Crippen LogP contribution in [0.3, 0.4) is 0 Å². The Kier molecular flexibility index (Phi) is 3.77. The number of hydrogen-bond acceptors (Lipinski definition) is 3. The Hall–Kier alpha value is -1.22. The standard InChI is InChI=1S/C11H16O3/c1-8(12)9(2)14-11-6-4-10(13-3)5-7-11/h4-9,12H,1-3H3/t8-,9-/m1/s1. The highest BCUT2D eigenvalue weighted by Crippen LogP contribution is 2.18. The molecule has 0 saturated heterocycles. The van der Waals surface area contributed by atoms with Crippen molar-refractivity contribution >= 4 is 0 Å². The fourth-order valence-corrected chi connectivity index (χ4v) is 0.967. The minimum atomic E-state index is -0.475. The lowest BCUT2D eigenvalue weighted by Gasteiger charge is -2.17. The van der Waals surface area contributed by atoms with Crippen molar-refractivity contribution in [1.29, 1.82) is 0 Å². The van der Waals surface area contributed by atoms with Crippen LogP contribution in [0.2, 0.25) is 0 Å². The lowest BCUT2D eigenvalue weighted by Crippen LogP contribution is -2.25. The molecule has 0 aliphatic rings. The van der Waals surface area contributed by atoms with Crippen LogP contribution in [0.1, 0.15) is 13.8 Å². The average Bonchev–Trinajstić information content (AvgIpc) is 2.19.